The van der Waals surface area contributed by atoms with Gasteiger partial charge in [-0.3, -0.25) is 14.4 Å². The maximum Gasteiger partial charge on any atom is 0.306 e. The Morgan fingerprint density at radius 3 is 0.829 bits per heavy atom. The summed E-state index contributed by atoms with van der Waals surface area (Å²) in [6, 6.07) is 0. The summed E-state index contributed by atoms with van der Waals surface area (Å²) in [5, 5.41) is 0. The van der Waals surface area contributed by atoms with Gasteiger partial charge in [-0.25, -0.2) is 0 Å². The molecule has 0 bridgehead atoms. The Bertz CT molecular complexity index is 1490. The van der Waals surface area contributed by atoms with E-state index in [4.69, 9.17) is 14.2 Å². The minimum atomic E-state index is -0.800. The van der Waals surface area contributed by atoms with Crippen molar-refractivity contribution >= 4 is 17.9 Å². The lowest BCUT2D eigenvalue weighted by atomic mass is 10.0. The number of unbranched alkanes of at least 4 members (excludes halogenated alkanes) is 31. The van der Waals surface area contributed by atoms with Crippen molar-refractivity contribution in [1.29, 1.82) is 0 Å². The van der Waals surface area contributed by atoms with Crippen molar-refractivity contribution in [3.05, 3.63) is 97.2 Å². The Labute approximate surface area is 470 Å². The maximum atomic E-state index is 12.9. The highest BCUT2D eigenvalue weighted by molar-refractivity contribution is 5.71. The molecule has 6 nitrogen and oxygen atoms in total. The summed E-state index contributed by atoms with van der Waals surface area (Å²) in [4.78, 5) is 38.2. The molecule has 0 rings (SSSR count). The Morgan fingerprint density at radius 1 is 0.276 bits per heavy atom. The molecule has 436 valence electrons. The molecule has 0 aromatic carbocycles. The lowest BCUT2D eigenvalue weighted by Gasteiger charge is -2.18. The first kappa shape index (κ1) is 72.3. The molecule has 0 saturated carbocycles. The molecular weight excluding hydrogens is 937 g/mol. The van der Waals surface area contributed by atoms with E-state index < -0.39 is 6.10 Å². The van der Waals surface area contributed by atoms with E-state index in [1.54, 1.807) is 0 Å². The van der Waals surface area contributed by atoms with Crippen LogP contribution in [0.4, 0.5) is 0 Å². The zero-order valence-electron chi connectivity index (χ0n) is 50.0. The third-order valence-electron chi connectivity index (χ3n) is 13.8. The van der Waals surface area contributed by atoms with Gasteiger partial charge in [-0.05, 0) is 103 Å². The molecule has 0 aliphatic heterocycles. The standard InChI is InChI=1S/C70H120O6/c1-4-7-10-13-16-19-22-24-26-28-30-32-33-34-35-36-37-39-40-42-44-46-48-51-54-57-60-63-69(72)75-66-67(65-74-68(71)62-59-56-53-50-21-18-15-12-9-6-3)76-70(73)64-61-58-55-52-49-47-45-43-41-38-31-29-27-25-23-20-17-14-11-8-5-2/h8,11,17,20,22,24-25,27-28,30-31,38,43,45,49,52,67H,4-7,9-10,12-16,18-19,21,23,26,29,32-37,39-42,44,46-48,50-51,53-66H2,1-3H3/b11-8-,20-17-,24-22-,27-25-,30-28-,38-31-,45-43-,52-49-. The van der Waals surface area contributed by atoms with Gasteiger partial charge in [-0.2, -0.15) is 0 Å². The molecule has 0 saturated heterocycles. The van der Waals surface area contributed by atoms with E-state index in [0.29, 0.717) is 19.3 Å². The molecule has 0 aromatic rings. The molecule has 0 aliphatic rings. The highest BCUT2D eigenvalue weighted by atomic mass is 16.6. The van der Waals surface area contributed by atoms with Crippen LogP contribution in [0.3, 0.4) is 0 Å². The molecule has 6 heteroatoms. The predicted molar refractivity (Wildman–Crippen MR) is 330 cm³/mol. The van der Waals surface area contributed by atoms with Crippen molar-refractivity contribution in [2.75, 3.05) is 13.2 Å². The average Bonchev–Trinajstić information content (AvgIpc) is 3.42. The molecule has 0 radical (unpaired) electrons. The summed E-state index contributed by atoms with van der Waals surface area (Å²) >= 11 is 0. The quantitative estimate of drug-likeness (QED) is 0.0261. The molecular formula is C70H120O6. The summed E-state index contributed by atoms with van der Waals surface area (Å²) in [5.74, 6) is -0.929. The molecule has 0 amide bonds. The van der Waals surface area contributed by atoms with Crippen LogP contribution in [0.15, 0.2) is 97.2 Å². The highest BCUT2D eigenvalue weighted by Crippen LogP contribution is 2.16. The summed E-state index contributed by atoms with van der Waals surface area (Å²) in [6.45, 7) is 6.49. The summed E-state index contributed by atoms with van der Waals surface area (Å²) < 4.78 is 16.9. The van der Waals surface area contributed by atoms with Gasteiger partial charge in [0.05, 0.1) is 0 Å². The molecule has 1 atom stereocenters. The van der Waals surface area contributed by atoms with Gasteiger partial charge in [0.2, 0.25) is 0 Å². The molecule has 76 heavy (non-hydrogen) atoms. The molecule has 0 spiro atoms. The fourth-order valence-corrected chi connectivity index (χ4v) is 9.01. The number of rotatable bonds is 58. The van der Waals surface area contributed by atoms with Crippen LogP contribution in [0, 0.1) is 0 Å². The van der Waals surface area contributed by atoms with Crippen LogP contribution in [0.2, 0.25) is 0 Å². The van der Waals surface area contributed by atoms with Crippen molar-refractivity contribution in [2.24, 2.45) is 0 Å². The van der Waals surface area contributed by atoms with E-state index in [1.165, 1.54) is 167 Å². The second-order valence-corrected chi connectivity index (χ2v) is 21.3. The summed E-state index contributed by atoms with van der Waals surface area (Å²) in [5.41, 5.74) is 0. The summed E-state index contributed by atoms with van der Waals surface area (Å²) in [6.07, 6.45) is 85.7. The van der Waals surface area contributed by atoms with Crippen molar-refractivity contribution in [3.63, 3.8) is 0 Å². The van der Waals surface area contributed by atoms with E-state index in [1.807, 2.05) is 0 Å². The van der Waals surface area contributed by atoms with Crippen LogP contribution < -0.4 is 0 Å². The van der Waals surface area contributed by atoms with Crippen LogP contribution >= 0.6 is 0 Å². The van der Waals surface area contributed by atoms with E-state index in [9.17, 15) is 14.4 Å². The monoisotopic (exact) mass is 1060 g/mol. The third kappa shape index (κ3) is 61.2. The van der Waals surface area contributed by atoms with E-state index in [2.05, 4.69) is 118 Å². The van der Waals surface area contributed by atoms with Crippen molar-refractivity contribution in [2.45, 2.75) is 316 Å². The Kier molecular flexibility index (Phi) is 60.8. The number of carbonyl (C=O) groups excluding carboxylic acids is 3. The van der Waals surface area contributed by atoms with Gasteiger partial charge >= 0.3 is 17.9 Å². The largest absolute Gasteiger partial charge is 0.462 e. The first-order chi connectivity index (χ1) is 37.5. The van der Waals surface area contributed by atoms with Crippen molar-refractivity contribution in [1.82, 2.24) is 0 Å². The van der Waals surface area contributed by atoms with Gasteiger partial charge in [-0.15, -0.1) is 0 Å². The minimum Gasteiger partial charge on any atom is -0.462 e. The zero-order chi connectivity index (χ0) is 55.0. The van der Waals surface area contributed by atoms with Crippen LogP contribution in [0.5, 0.6) is 0 Å². The summed E-state index contributed by atoms with van der Waals surface area (Å²) in [7, 11) is 0. The van der Waals surface area contributed by atoms with E-state index in [0.717, 1.165) is 96.3 Å². The van der Waals surface area contributed by atoms with E-state index >= 15 is 0 Å². The smallest absolute Gasteiger partial charge is 0.306 e. The van der Waals surface area contributed by atoms with Gasteiger partial charge < -0.3 is 14.2 Å². The average molecular weight is 1060 g/mol. The van der Waals surface area contributed by atoms with E-state index in [-0.39, 0.29) is 37.5 Å². The van der Waals surface area contributed by atoms with Crippen molar-refractivity contribution in [3.8, 4) is 0 Å². The molecule has 1 unspecified atom stereocenters. The molecule has 0 fully saturated rings. The lowest BCUT2D eigenvalue weighted by molar-refractivity contribution is -0.167. The van der Waals surface area contributed by atoms with Crippen LogP contribution in [0.1, 0.15) is 310 Å². The zero-order valence-corrected chi connectivity index (χ0v) is 50.0. The number of ether oxygens (including phenoxy) is 3. The highest BCUT2D eigenvalue weighted by Gasteiger charge is 2.19. The van der Waals surface area contributed by atoms with Gasteiger partial charge in [0.1, 0.15) is 13.2 Å². The normalized spacial score (nSPS) is 12.7. The van der Waals surface area contributed by atoms with Crippen LogP contribution in [-0.2, 0) is 28.6 Å². The second-order valence-electron chi connectivity index (χ2n) is 21.3. The first-order valence-corrected chi connectivity index (χ1v) is 32.2. The molecule has 0 N–H and O–H groups in total. The SMILES string of the molecule is CC/C=C\C/C=C\C/C=C\C/C=C\C/C=C\C/C=C\CCCCC(=O)OC(COC(=O)CCCCCCCCCCCC)COC(=O)CCCCCCCCCCCCCCCCC/C=C\C/C=C\CCCCCCC. The van der Waals surface area contributed by atoms with Gasteiger partial charge in [0.15, 0.2) is 6.10 Å². The first-order valence-electron chi connectivity index (χ1n) is 32.2. The molecule has 0 heterocycles. The fourth-order valence-electron chi connectivity index (χ4n) is 9.01. The number of allylic oxidation sites excluding steroid dienone is 16. The van der Waals surface area contributed by atoms with Crippen molar-refractivity contribution < 1.29 is 28.6 Å². The third-order valence-corrected chi connectivity index (χ3v) is 13.8. The second kappa shape index (κ2) is 63.9. The van der Waals surface area contributed by atoms with Gasteiger partial charge in [0.25, 0.3) is 0 Å². The molecule has 0 aliphatic carbocycles. The Hall–Kier alpha value is -3.67. The topological polar surface area (TPSA) is 78.9 Å². The maximum absolute atomic E-state index is 12.9. The number of esters is 3. The number of hydrogen-bond donors (Lipinski definition) is 0. The Morgan fingerprint density at radius 2 is 0.513 bits per heavy atom. The van der Waals surface area contributed by atoms with Crippen LogP contribution in [-0.4, -0.2) is 37.2 Å². The van der Waals surface area contributed by atoms with Gasteiger partial charge in [0, 0.05) is 19.3 Å². The van der Waals surface area contributed by atoms with Crippen LogP contribution in [0.25, 0.3) is 0 Å². The number of hydrogen-bond acceptors (Lipinski definition) is 6. The number of carbonyl (C=O) groups is 3. The predicted octanol–water partition coefficient (Wildman–Crippen LogP) is 22.0. The lowest BCUT2D eigenvalue weighted by Crippen LogP contribution is -2.30. The van der Waals surface area contributed by atoms with Gasteiger partial charge in [-0.1, -0.05) is 285 Å². The minimum absolute atomic E-state index is 0.0928. The molecule has 0 aromatic heterocycles. The fraction of sp³-hybridized carbons (Fsp3) is 0.729. The Balaban J connectivity index is 4.28.